The van der Waals surface area contributed by atoms with E-state index in [0.717, 1.165) is 79.5 Å². The fourth-order valence-electron chi connectivity index (χ4n) is 6.60. The van der Waals surface area contributed by atoms with Crippen molar-refractivity contribution in [1.82, 2.24) is 34.6 Å². The third kappa shape index (κ3) is 6.78. The standard InChI is InChI=1S/C34H47N9O2/c1-7-43-31(20-29(39-43)34(2,3)4)36-32(44)35-27-13-14-28(26-11-9-8-10-25(26)27)45-24-12-15-30-37-38-33(42(30)22-24)41-18-16-23(17-19-41)21-40(5)6/h8-12,15,20,22-23,27-28H,7,13-14,16-19,21H2,1-6H3,(H2,35,36,44)/t27-,28+/m0/s1. The van der Waals surface area contributed by atoms with Gasteiger partial charge in [-0.3, -0.25) is 9.72 Å². The van der Waals surface area contributed by atoms with Crippen LogP contribution in [0.25, 0.3) is 5.65 Å². The highest BCUT2D eigenvalue weighted by Gasteiger charge is 2.30. The van der Waals surface area contributed by atoms with Crippen LogP contribution >= 0.6 is 0 Å². The van der Waals surface area contributed by atoms with E-state index in [1.54, 1.807) is 0 Å². The first-order valence-electron chi connectivity index (χ1n) is 16.2. The topological polar surface area (TPSA) is 105 Å². The molecule has 1 aliphatic heterocycles. The van der Waals surface area contributed by atoms with E-state index in [9.17, 15) is 4.79 Å². The summed E-state index contributed by atoms with van der Waals surface area (Å²) in [5.74, 6) is 3.06. The Morgan fingerprint density at radius 3 is 2.49 bits per heavy atom. The second-order valence-corrected chi connectivity index (χ2v) is 13.7. The van der Waals surface area contributed by atoms with Crippen molar-refractivity contribution in [3.63, 3.8) is 0 Å². The number of pyridine rings is 1. The van der Waals surface area contributed by atoms with Crippen LogP contribution in [0.5, 0.6) is 5.75 Å². The van der Waals surface area contributed by atoms with Gasteiger partial charge in [-0.2, -0.15) is 5.10 Å². The maximum Gasteiger partial charge on any atom is 0.320 e. The van der Waals surface area contributed by atoms with Crippen molar-refractivity contribution in [2.75, 3.05) is 43.9 Å². The molecule has 6 rings (SSSR count). The lowest BCUT2D eigenvalue weighted by molar-refractivity contribution is 0.171. The number of benzene rings is 1. The SMILES string of the molecule is CCn1nc(C(C)(C)C)cc1NC(=O)N[C@H]1CC[C@@H](Oc2ccc3nnc(N4CCC(CN(C)C)CC4)n3c2)c2ccccc21. The van der Waals surface area contributed by atoms with Crippen molar-refractivity contribution < 1.29 is 9.53 Å². The molecule has 2 atom stereocenters. The Labute approximate surface area is 265 Å². The normalized spacial score (nSPS) is 19.1. The monoisotopic (exact) mass is 613 g/mol. The molecular formula is C34H47N9O2. The molecule has 0 saturated carbocycles. The Morgan fingerprint density at radius 1 is 1.02 bits per heavy atom. The van der Waals surface area contributed by atoms with Crippen LogP contribution in [0.1, 0.15) is 82.3 Å². The van der Waals surface area contributed by atoms with Gasteiger partial charge in [-0.15, -0.1) is 10.2 Å². The summed E-state index contributed by atoms with van der Waals surface area (Å²) in [4.78, 5) is 17.8. The van der Waals surface area contributed by atoms with Gasteiger partial charge in [-0.25, -0.2) is 9.48 Å². The van der Waals surface area contributed by atoms with E-state index < -0.39 is 0 Å². The molecule has 45 heavy (non-hydrogen) atoms. The van der Waals surface area contributed by atoms with E-state index in [1.165, 1.54) is 0 Å². The zero-order valence-corrected chi connectivity index (χ0v) is 27.5. The van der Waals surface area contributed by atoms with Crippen LogP contribution in [0, 0.1) is 5.92 Å². The van der Waals surface area contributed by atoms with Crippen LogP contribution in [-0.4, -0.2) is 69.0 Å². The Balaban J connectivity index is 1.14. The van der Waals surface area contributed by atoms with Gasteiger partial charge in [-0.1, -0.05) is 45.0 Å². The summed E-state index contributed by atoms with van der Waals surface area (Å²) in [5, 5.41) is 19.9. The van der Waals surface area contributed by atoms with E-state index in [0.29, 0.717) is 18.3 Å². The van der Waals surface area contributed by atoms with E-state index in [-0.39, 0.29) is 23.6 Å². The largest absolute Gasteiger partial charge is 0.484 e. The zero-order chi connectivity index (χ0) is 31.7. The van der Waals surface area contributed by atoms with Crippen molar-refractivity contribution in [1.29, 1.82) is 0 Å². The lowest BCUT2D eigenvalue weighted by Gasteiger charge is -2.33. The summed E-state index contributed by atoms with van der Waals surface area (Å²) in [6.07, 6.45) is 5.72. The van der Waals surface area contributed by atoms with Gasteiger partial charge in [0.25, 0.3) is 0 Å². The van der Waals surface area contributed by atoms with Crippen LogP contribution in [0.4, 0.5) is 16.6 Å². The Kier molecular flexibility index (Phi) is 8.72. The smallest absolute Gasteiger partial charge is 0.320 e. The highest BCUT2D eigenvalue weighted by atomic mass is 16.5. The van der Waals surface area contributed by atoms with Crippen molar-refractivity contribution in [2.45, 2.75) is 77.5 Å². The molecule has 2 aliphatic rings. The number of rotatable bonds is 8. The molecule has 1 saturated heterocycles. The fourth-order valence-corrected chi connectivity index (χ4v) is 6.60. The second-order valence-electron chi connectivity index (χ2n) is 13.7. The molecule has 2 N–H and O–H groups in total. The van der Waals surface area contributed by atoms with Gasteiger partial charge < -0.3 is 19.9 Å². The molecule has 3 aromatic heterocycles. The molecule has 1 fully saturated rings. The van der Waals surface area contributed by atoms with Gasteiger partial charge in [0.15, 0.2) is 5.65 Å². The van der Waals surface area contributed by atoms with E-state index >= 15 is 0 Å². The van der Waals surface area contributed by atoms with Gasteiger partial charge in [0, 0.05) is 37.7 Å². The Bertz CT molecular complexity index is 1630. The average molecular weight is 614 g/mol. The van der Waals surface area contributed by atoms with E-state index in [1.807, 2.05) is 48.1 Å². The minimum Gasteiger partial charge on any atom is -0.484 e. The number of anilines is 2. The van der Waals surface area contributed by atoms with Gasteiger partial charge >= 0.3 is 6.03 Å². The zero-order valence-electron chi connectivity index (χ0n) is 27.5. The number of hydrogen-bond acceptors (Lipinski definition) is 7. The van der Waals surface area contributed by atoms with E-state index in [4.69, 9.17) is 4.74 Å². The summed E-state index contributed by atoms with van der Waals surface area (Å²) >= 11 is 0. The fraction of sp³-hybridized carbons (Fsp3) is 0.529. The quantitative estimate of drug-likeness (QED) is 0.259. The van der Waals surface area contributed by atoms with Crippen LogP contribution in [0.15, 0.2) is 48.7 Å². The molecule has 11 heteroatoms. The summed E-state index contributed by atoms with van der Waals surface area (Å²) in [6.45, 7) is 12.1. The average Bonchev–Trinajstić information content (AvgIpc) is 3.62. The number of nitrogens with zero attached hydrogens (tertiary/aromatic N) is 7. The Morgan fingerprint density at radius 2 is 1.78 bits per heavy atom. The summed E-state index contributed by atoms with van der Waals surface area (Å²) in [7, 11) is 4.29. The Hall–Kier alpha value is -4.12. The predicted octanol–water partition coefficient (Wildman–Crippen LogP) is 5.80. The number of amides is 2. The number of aryl methyl sites for hydroxylation is 1. The minimum atomic E-state index is -0.236. The molecule has 240 valence electrons. The molecular weight excluding hydrogens is 566 g/mol. The molecule has 2 amide bonds. The van der Waals surface area contributed by atoms with Crippen LogP contribution in [0.2, 0.25) is 0 Å². The second kappa shape index (κ2) is 12.7. The number of urea groups is 1. The van der Waals surface area contributed by atoms with Crippen molar-refractivity contribution in [2.24, 2.45) is 5.92 Å². The molecule has 0 bridgehead atoms. The lowest BCUT2D eigenvalue weighted by Crippen LogP contribution is -2.38. The van der Waals surface area contributed by atoms with Gasteiger partial charge in [0.05, 0.1) is 17.9 Å². The summed E-state index contributed by atoms with van der Waals surface area (Å²) < 4.78 is 10.5. The third-order valence-corrected chi connectivity index (χ3v) is 8.99. The highest BCUT2D eigenvalue weighted by molar-refractivity contribution is 5.88. The van der Waals surface area contributed by atoms with Crippen LogP contribution < -0.4 is 20.3 Å². The molecule has 11 nitrogen and oxygen atoms in total. The summed E-state index contributed by atoms with van der Waals surface area (Å²) in [6, 6.07) is 13.8. The van der Waals surface area contributed by atoms with Crippen molar-refractivity contribution in [3.8, 4) is 5.75 Å². The molecule has 1 aliphatic carbocycles. The first-order chi connectivity index (χ1) is 21.6. The molecule has 4 aromatic rings. The molecule has 0 unspecified atom stereocenters. The maximum absolute atomic E-state index is 13.2. The number of ether oxygens (including phenoxy) is 1. The van der Waals surface area contributed by atoms with Gasteiger partial charge in [-0.05, 0) is 75.9 Å². The number of aromatic nitrogens is 5. The number of carbonyl (C=O) groups is 1. The number of carbonyl (C=O) groups excluding carboxylic acids is 1. The van der Waals surface area contributed by atoms with Gasteiger partial charge in [0.2, 0.25) is 5.95 Å². The minimum absolute atomic E-state index is 0.103. The third-order valence-electron chi connectivity index (χ3n) is 8.99. The molecule has 0 radical (unpaired) electrons. The first-order valence-corrected chi connectivity index (χ1v) is 16.2. The van der Waals surface area contributed by atoms with E-state index in [2.05, 4.69) is 87.1 Å². The number of nitrogens with one attached hydrogen (secondary N) is 2. The highest BCUT2D eigenvalue weighted by Crippen LogP contribution is 2.39. The first kappa shape index (κ1) is 30.9. The molecule has 4 heterocycles. The van der Waals surface area contributed by atoms with Crippen molar-refractivity contribution >= 4 is 23.4 Å². The molecule has 0 spiro atoms. The number of piperidine rings is 1. The maximum atomic E-state index is 13.2. The lowest BCUT2D eigenvalue weighted by atomic mass is 9.85. The summed E-state index contributed by atoms with van der Waals surface area (Å²) in [5.41, 5.74) is 3.83. The van der Waals surface area contributed by atoms with Crippen LogP contribution in [-0.2, 0) is 12.0 Å². The predicted molar refractivity (Wildman–Crippen MR) is 177 cm³/mol. The number of fused-ring (bicyclic) bond motifs is 2. The number of hydrogen-bond donors (Lipinski definition) is 2. The van der Waals surface area contributed by atoms with Crippen LogP contribution in [0.3, 0.4) is 0 Å². The molecule has 1 aromatic carbocycles. The van der Waals surface area contributed by atoms with Crippen molar-refractivity contribution in [3.05, 3.63) is 65.5 Å². The van der Waals surface area contributed by atoms with Gasteiger partial charge in [0.1, 0.15) is 17.7 Å².